The maximum atomic E-state index is 12.4. The number of fused-ring (bicyclic) bond motifs is 1. The number of anilines is 1. The lowest BCUT2D eigenvalue weighted by atomic mass is 10.1. The summed E-state index contributed by atoms with van der Waals surface area (Å²) in [4.78, 5) is 17.0. The van der Waals surface area contributed by atoms with Crippen molar-refractivity contribution in [1.82, 2.24) is 4.98 Å². The minimum absolute atomic E-state index is 0.0985. The average Bonchev–Trinajstić information content (AvgIpc) is 3.11. The molecule has 0 saturated heterocycles. The Morgan fingerprint density at radius 3 is 2.79 bits per heavy atom. The lowest BCUT2D eigenvalue weighted by Gasteiger charge is -2.07. The highest BCUT2D eigenvalue weighted by atomic mass is 16.5. The quantitative estimate of drug-likeness (QED) is 0.536. The summed E-state index contributed by atoms with van der Waals surface area (Å²) in [6, 6.07) is 20.9. The molecule has 1 heterocycles. The molecule has 0 unspecified atom stereocenters. The summed E-state index contributed by atoms with van der Waals surface area (Å²) in [6.45, 7) is 2.02. The molecule has 0 radical (unpaired) electrons. The molecule has 0 aliphatic carbocycles. The van der Waals surface area contributed by atoms with Crippen LogP contribution in [0.15, 0.2) is 71.1 Å². The van der Waals surface area contributed by atoms with E-state index in [1.54, 1.807) is 7.11 Å². The van der Waals surface area contributed by atoms with Crippen LogP contribution in [-0.2, 0) is 11.2 Å². The van der Waals surface area contributed by atoms with Crippen molar-refractivity contribution < 1.29 is 13.9 Å². The first-order valence-electron chi connectivity index (χ1n) is 9.01. The van der Waals surface area contributed by atoms with Crippen molar-refractivity contribution in [3.8, 4) is 17.2 Å². The molecular formula is C23H20N2O3. The molecule has 4 rings (SSSR count). The number of hydrogen-bond acceptors (Lipinski definition) is 4. The Kier molecular flexibility index (Phi) is 4.81. The summed E-state index contributed by atoms with van der Waals surface area (Å²) in [5.41, 5.74) is 5.10. The zero-order valence-corrected chi connectivity index (χ0v) is 15.7. The van der Waals surface area contributed by atoms with E-state index in [0.717, 1.165) is 33.5 Å². The zero-order chi connectivity index (χ0) is 19.5. The predicted molar refractivity (Wildman–Crippen MR) is 110 cm³/mol. The van der Waals surface area contributed by atoms with Crippen molar-refractivity contribution in [2.75, 3.05) is 12.4 Å². The number of nitrogens with one attached hydrogen (secondary N) is 1. The minimum atomic E-state index is -0.0985. The van der Waals surface area contributed by atoms with Crippen LogP contribution in [0.2, 0.25) is 0 Å². The fraction of sp³-hybridized carbons (Fsp3) is 0.130. The molecule has 140 valence electrons. The van der Waals surface area contributed by atoms with Crippen LogP contribution in [0.3, 0.4) is 0 Å². The van der Waals surface area contributed by atoms with Crippen LogP contribution >= 0.6 is 0 Å². The van der Waals surface area contributed by atoms with Crippen molar-refractivity contribution in [3.63, 3.8) is 0 Å². The van der Waals surface area contributed by atoms with E-state index >= 15 is 0 Å². The fourth-order valence-corrected chi connectivity index (χ4v) is 3.06. The number of methoxy groups -OCH3 is 1. The number of amides is 1. The van der Waals surface area contributed by atoms with Gasteiger partial charge in [-0.05, 0) is 60.5 Å². The molecule has 1 N–H and O–H groups in total. The van der Waals surface area contributed by atoms with E-state index < -0.39 is 0 Å². The maximum absolute atomic E-state index is 12.4. The third-order valence-corrected chi connectivity index (χ3v) is 4.44. The van der Waals surface area contributed by atoms with E-state index in [2.05, 4.69) is 10.3 Å². The Hall–Kier alpha value is -3.60. The van der Waals surface area contributed by atoms with Crippen molar-refractivity contribution in [2.45, 2.75) is 13.3 Å². The third-order valence-electron chi connectivity index (χ3n) is 4.44. The summed E-state index contributed by atoms with van der Waals surface area (Å²) in [5.74, 6) is 1.17. The first-order chi connectivity index (χ1) is 13.6. The Bertz CT molecular complexity index is 1150. The van der Waals surface area contributed by atoms with Crippen molar-refractivity contribution in [1.29, 1.82) is 0 Å². The van der Waals surface area contributed by atoms with Gasteiger partial charge in [-0.2, -0.15) is 0 Å². The molecule has 0 fully saturated rings. The Morgan fingerprint density at radius 1 is 1.07 bits per heavy atom. The molecule has 1 amide bonds. The van der Waals surface area contributed by atoms with Crippen LogP contribution in [-0.4, -0.2) is 18.0 Å². The van der Waals surface area contributed by atoms with Gasteiger partial charge in [0, 0.05) is 11.3 Å². The van der Waals surface area contributed by atoms with Crippen LogP contribution < -0.4 is 10.1 Å². The Balaban J connectivity index is 1.52. The Morgan fingerprint density at radius 2 is 1.93 bits per heavy atom. The number of hydrogen-bond donors (Lipinski definition) is 1. The summed E-state index contributed by atoms with van der Waals surface area (Å²) in [5, 5.41) is 2.93. The van der Waals surface area contributed by atoms with E-state index in [1.807, 2.05) is 73.7 Å². The second-order valence-corrected chi connectivity index (χ2v) is 6.65. The molecule has 5 heteroatoms. The van der Waals surface area contributed by atoms with Gasteiger partial charge in [0.1, 0.15) is 11.3 Å². The van der Waals surface area contributed by atoms with Crippen molar-refractivity contribution >= 4 is 22.7 Å². The highest BCUT2D eigenvalue weighted by molar-refractivity contribution is 5.93. The second kappa shape index (κ2) is 7.56. The Labute approximate surface area is 163 Å². The number of carbonyl (C=O) groups is 1. The van der Waals surface area contributed by atoms with Gasteiger partial charge < -0.3 is 14.5 Å². The largest absolute Gasteiger partial charge is 0.497 e. The van der Waals surface area contributed by atoms with Crippen LogP contribution in [0, 0.1) is 6.92 Å². The highest BCUT2D eigenvalue weighted by Gasteiger charge is 2.10. The average molecular weight is 372 g/mol. The van der Waals surface area contributed by atoms with Gasteiger partial charge in [-0.25, -0.2) is 4.98 Å². The van der Waals surface area contributed by atoms with Gasteiger partial charge in [-0.1, -0.05) is 24.3 Å². The standard InChI is InChI=1S/C23H20N2O3/c1-15-9-10-21-20(11-15)25-23(28-21)17-6-4-7-18(14-17)24-22(26)13-16-5-3-8-19(12-16)27-2/h3-12,14H,13H2,1-2H3,(H,24,26). The molecule has 0 aliphatic rings. The first kappa shape index (κ1) is 17.8. The minimum Gasteiger partial charge on any atom is -0.497 e. The predicted octanol–water partition coefficient (Wildman–Crippen LogP) is 4.99. The van der Waals surface area contributed by atoms with Crippen molar-refractivity contribution in [2.24, 2.45) is 0 Å². The third kappa shape index (κ3) is 3.88. The summed E-state index contributed by atoms with van der Waals surface area (Å²) in [7, 11) is 1.61. The van der Waals surface area contributed by atoms with E-state index in [0.29, 0.717) is 11.6 Å². The fourth-order valence-electron chi connectivity index (χ4n) is 3.06. The van der Waals surface area contributed by atoms with E-state index in [4.69, 9.17) is 9.15 Å². The van der Waals surface area contributed by atoms with Gasteiger partial charge in [-0.3, -0.25) is 4.79 Å². The second-order valence-electron chi connectivity index (χ2n) is 6.65. The molecule has 1 aromatic heterocycles. The number of aromatic nitrogens is 1. The maximum Gasteiger partial charge on any atom is 0.228 e. The smallest absolute Gasteiger partial charge is 0.228 e. The van der Waals surface area contributed by atoms with Crippen LogP contribution in [0.25, 0.3) is 22.6 Å². The normalized spacial score (nSPS) is 10.8. The molecule has 0 saturated carbocycles. The van der Waals surface area contributed by atoms with Gasteiger partial charge in [0.25, 0.3) is 0 Å². The molecule has 4 aromatic rings. The van der Waals surface area contributed by atoms with Gasteiger partial charge in [-0.15, -0.1) is 0 Å². The van der Waals surface area contributed by atoms with Gasteiger partial charge in [0.2, 0.25) is 11.8 Å². The number of ether oxygens (including phenoxy) is 1. The van der Waals surface area contributed by atoms with Gasteiger partial charge in [0.15, 0.2) is 5.58 Å². The topological polar surface area (TPSA) is 64.4 Å². The van der Waals surface area contributed by atoms with E-state index in [-0.39, 0.29) is 12.3 Å². The first-order valence-corrected chi connectivity index (χ1v) is 9.01. The number of rotatable bonds is 5. The van der Waals surface area contributed by atoms with Crippen molar-refractivity contribution in [3.05, 3.63) is 77.9 Å². The molecule has 0 aliphatic heterocycles. The van der Waals surface area contributed by atoms with Gasteiger partial charge in [0.05, 0.1) is 13.5 Å². The monoisotopic (exact) mass is 372 g/mol. The molecule has 28 heavy (non-hydrogen) atoms. The summed E-state index contributed by atoms with van der Waals surface area (Å²) < 4.78 is 11.1. The number of nitrogens with zero attached hydrogens (tertiary/aromatic N) is 1. The lowest BCUT2D eigenvalue weighted by molar-refractivity contribution is -0.115. The van der Waals surface area contributed by atoms with Crippen LogP contribution in [0.5, 0.6) is 5.75 Å². The van der Waals surface area contributed by atoms with Crippen LogP contribution in [0.1, 0.15) is 11.1 Å². The molecule has 3 aromatic carbocycles. The highest BCUT2D eigenvalue weighted by Crippen LogP contribution is 2.26. The van der Waals surface area contributed by atoms with E-state index in [1.165, 1.54) is 0 Å². The SMILES string of the molecule is COc1cccc(CC(=O)Nc2cccc(-c3nc4cc(C)ccc4o3)c2)c1. The molecule has 0 atom stereocenters. The van der Waals surface area contributed by atoms with Gasteiger partial charge >= 0.3 is 0 Å². The molecular weight excluding hydrogens is 352 g/mol. The molecule has 0 spiro atoms. The number of aryl methyl sites for hydroxylation is 1. The van der Waals surface area contributed by atoms with Crippen LogP contribution in [0.4, 0.5) is 5.69 Å². The molecule has 5 nitrogen and oxygen atoms in total. The number of oxazole rings is 1. The summed E-state index contributed by atoms with van der Waals surface area (Å²) >= 11 is 0. The molecule has 0 bridgehead atoms. The van der Waals surface area contributed by atoms with E-state index in [9.17, 15) is 4.79 Å². The lowest BCUT2D eigenvalue weighted by Crippen LogP contribution is -2.14. The number of carbonyl (C=O) groups excluding carboxylic acids is 1. The number of benzene rings is 3. The summed E-state index contributed by atoms with van der Waals surface area (Å²) in [6.07, 6.45) is 0.267. The zero-order valence-electron chi connectivity index (χ0n) is 15.7.